The van der Waals surface area contributed by atoms with Crippen molar-refractivity contribution in [3.8, 4) is 16.9 Å². The SMILES string of the molecule is C[n+]1ccc(-c2ccccc2)c([O-])c1. The predicted octanol–water partition coefficient (Wildman–Crippen LogP) is 1.25. The van der Waals surface area contributed by atoms with Gasteiger partial charge in [-0.05, 0) is 16.9 Å². The van der Waals surface area contributed by atoms with Crippen LogP contribution in [0.2, 0.25) is 0 Å². The molecule has 0 aliphatic rings. The van der Waals surface area contributed by atoms with E-state index in [9.17, 15) is 5.11 Å². The van der Waals surface area contributed by atoms with Crippen LogP contribution >= 0.6 is 0 Å². The Kier molecular flexibility index (Phi) is 2.19. The first-order chi connectivity index (χ1) is 6.77. The van der Waals surface area contributed by atoms with Crippen molar-refractivity contribution in [2.45, 2.75) is 0 Å². The molecule has 0 aliphatic carbocycles. The third-order valence-electron chi connectivity index (χ3n) is 2.15. The monoisotopic (exact) mass is 185 g/mol. The van der Waals surface area contributed by atoms with Crippen molar-refractivity contribution in [3.63, 3.8) is 0 Å². The Bertz CT molecular complexity index is 437. The molecule has 0 amide bonds. The minimum Gasteiger partial charge on any atom is -0.868 e. The maximum atomic E-state index is 11.6. The zero-order valence-corrected chi connectivity index (χ0v) is 7.97. The highest BCUT2D eigenvalue weighted by Crippen LogP contribution is 2.24. The first-order valence-corrected chi connectivity index (χ1v) is 4.49. The summed E-state index contributed by atoms with van der Waals surface area (Å²) < 4.78 is 1.76. The fourth-order valence-corrected chi connectivity index (χ4v) is 1.43. The van der Waals surface area contributed by atoms with Gasteiger partial charge >= 0.3 is 0 Å². The van der Waals surface area contributed by atoms with Gasteiger partial charge in [0.25, 0.3) is 0 Å². The number of benzene rings is 1. The Morgan fingerprint density at radius 2 is 1.79 bits per heavy atom. The number of aromatic nitrogens is 1. The highest BCUT2D eigenvalue weighted by molar-refractivity contribution is 5.67. The van der Waals surface area contributed by atoms with Crippen molar-refractivity contribution in [2.24, 2.45) is 7.05 Å². The standard InChI is InChI=1S/C12H11NO/c1-13-8-7-11(12(14)9-13)10-5-3-2-4-6-10/h2-9H,1H3. The second-order valence-electron chi connectivity index (χ2n) is 3.25. The van der Waals surface area contributed by atoms with Gasteiger partial charge in [0.15, 0.2) is 12.4 Å². The lowest BCUT2D eigenvalue weighted by Crippen LogP contribution is -2.27. The molecule has 1 aromatic heterocycles. The van der Waals surface area contributed by atoms with Gasteiger partial charge in [0.2, 0.25) is 0 Å². The first-order valence-electron chi connectivity index (χ1n) is 4.49. The van der Waals surface area contributed by atoms with Crippen molar-refractivity contribution < 1.29 is 9.67 Å². The Labute approximate surface area is 83.1 Å². The van der Waals surface area contributed by atoms with Crippen LogP contribution in [0.1, 0.15) is 0 Å². The molecule has 0 saturated heterocycles. The van der Waals surface area contributed by atoms with E-state index in [0.29, 0.717) is 0 Å². The smallest absolute Gasteiger partial charge is 0.169 e. The molecule has 2 aromatic rings. The van der Waals surface area contributed by atoms with Gasteiger partial charge in [0, 0.05) is 6.07 Å². The van der Waals surface area contributed by atoms with Gasteiger partial charge in [-0.1, -0.05) is 30.3 Å². The normalized spacial score (nSPS) is 10.1. The van der Waals surface area contributed by atoms with E-state index >= 15 is 0 Å². The first kappa shape index (κ1) is 8.75. The van der Waals surface area contributed by atoms with E-state index in [1.165, 1.54) is 0 Å². The van der Waals surface area contributed by atoms with Crippen molar-refractivity contribution in [1.29, 1.82) is 0 Å². The lowest BCUT2D eigenvalue weighted by molar-refractivity contribution is -0.673. The molecule has 0 saturated carbocycles. The summed E-state index contributed by atoms with van der Waals surface area (Å²) in [4.78, 5) is 0. The van der Waals surface area contributed by atoms with Crippen LogP contribution in [0.5, 0.6) is 5.75 Å². The highest BCUT2D eigenvalue weighted by Gasteiger charge is 2.00. The molecule has 70 valence electrons. The van der Waals surface area contributed by atoms with Crippen LogP contribution in [0.3, 0.4) is 0 Å². The van der Waals surface area contributed by atoms with Crippen LogP contribution in [0, 0.1) is 0 Å². The topological polar surface area (TPSA) is 26.9 Å². The number of hydrogen-bond acceptors (Lipinski definition) is 1. The second-order valence-corrected chi connectivity index (χ2v) is 3.25. The molecule has 0 unspecified atom stereocenters. The molecule has 0 atom stereocenters. The summed E-state index contributed by atoms with van der Waals surface area (Å²) in [5, 5.41) is 11.6. The van der Waals surface area contributed by atoms with Crippen molar-refractivity contribution >= 4 is 0 Å². The summed E-state index contributed by atoms with van der Waals surface area (Å²) in [5.74, 6) is 0.0567. The zero-order chi connectivity index (χ0) is 9.97. The molecule has 0 aliphatic heterocycles. The number of rotatable bonds is 1. The molecule has 2 rings (SSSR count). The molecule has 0 N–H and O–H groups in total. The molecule has 0 spiro atoms. The van der Waals surface area contributed by atoms with E-state index in [0.717, 1.165) is 11.1 Å². The fraction of sp³-hybridized carbons (Fsp3) is 0.0833. The van der Waals surface area contributed by atoms with Crippen LogP contribution in [0.4, 0.5) is 0 Å². The van der Waals surface area contributed by atoms with Crippen LogP contribution < -0.4 is 9.67 Å². The number of aryl methyl sites for hydroxylation is 1. The van der Waals surface area contributed by atoms with Crippen molar-refractivity contribution in [1.82, 2.24) is 0 Å². The molecule has 0 bridgehead atoms. The Morgan fingerprint density at radius 1 is 1.07 bits per heavy atom. The molecule has 1 aromatic carbocycles. The van der Waals surface area contributed by atoms with Gasteiger partial charge in [-0.15, -0.1) is 0 Å². The molecular formula is C12H11NO. The molecule has 2 heteroatoms. The minimum atomic E-state index is 0.0567. The van der Waals surface area contributed by atoms with Gasteiger partial charge in [-0.25, -0.2) is 4.57 Å². The van der Waals surface area contributed by atoms with Crippen LogP contribution in [0.15, 0.2) is 48.8 Å². The predicted molar refractivity (Wildman–Crippen MR) is 52.5 cm³/mol. The Hall–Kier alpha value is -1.83. The quantitative estimate of drug-likeness (QED) is 0.614. The van der Waals surface area contributed by atoms with Gasteiger partial charge in [-0.3, -0.25) is 0 Å². The van der Waals surface area contributed by atoms with E-state index in [2.05, 4.69) is 0 Å². The van der Waals surface area contributed by atoms with Crippen LogP contribution in [-0.4, -0.2) is 0 Å². The second kappa shape index (κ2) is 3.50. The lowest BCUT2D eigenvalue weighted by Gasteiger charge is -2.10. The van der Waals surface area contributed by atoms with Crippen LogP contribution in [-0.2, 0) is 7.05 Å². The molecule has 14 heavy (non-hydrogen) atoms. The van der Waals surface area contributed by atoms with E-state index in [1.807, 2.05) is 49.6 Å². The number of hydrogen-bond donors (Lipinski definition) is 0. The summed E-state index contributed by atoms with van der Waals surface area (Å²) >= 11 is 0. The number of pyridine rings is 1. The average Bonchev–Trinajstić information content (AvgIpc) is 2.19. The summed E-state index contributed by atoms with van der Waals surface area (Å²) in [6.07, 6.45) is 3.46. The molecule has 0 radical (unpaired) electrons. The van der Waals surface area contributed by atoms with Gasteiger partial charge in [0.1, 0.15) is 7.05 Å². The molecular weight excluding hydrogens is 174 g/mol. The fourth-order valence-electron chi connectivity index (χ4n) is 1.43. The Balaban J connectivity index is 2.53. The van der Waals surface area contributed by atoms with Crippen LogP contribution in [0.25, 0.3) is 11.1 Å². The van der Waals surface area contributed by atoms with E-state index in [-0.39, 0.29) is 5.75 Å². The minimum absolute atomic E-state index is 0.0567. The van der Waals surface area contributed by atoms with Gasteiger partial charge < -0.3 is 5.11 Å². The third-order valence-corrected chi connectivity index (χ3v) is 2.15. The maximum absolute atomic E-state index is 11.6. The van der Waals surface area contributed by atoms with E-state index in [1.54, 1.807) is 10.8 Å². The Morgan fingerprint density at radius 3 is 2.43 bits per heavy atom. The lowest BCUT2D eigenvalue weighted by atomic mass is 10.1. The summed E-state index contributed by atoms with van der Waals surface area (Å²) in [6, 6.07) is 11.5. The largest absolute Gasteiger partial charge is 0.868 e. The van der Waals surface area contributed by atoms with Gasteiger partial charge in [-0.2, -0.15) is 0 Å². The summed E-state index contributed by atoms with van der Waals surface area (Å²) in [6.45, 7) is 0. The summed E-state index contributed by atoms with van der Waals surface area (Å²) in [7, 11) is 1.84. The third kappa shape index (κ3) is 1.59. The van der Waals surface area contributed by atoms with Gasteiger partial charge in [0.05, 0.1) is 0 Å². The maximum Gasteiger partial charge on any atom is 0.169 e. The molecule has 1 heterocycles. The zero-order valence-electron chi connectivity index (χ0n) is 7.97. The summed E-state index contributed by atoms with van der Waals surface area (Å²) in [5.41, 5.74) is 1.72. The molecule has 2 nitrogen and oxygen atoms in total. The van der Waals surface area contributed by atoms with Crippen molar-refractivity contribution in [2.75, 3.05) is 0 Å². The van der Waals surface area contributed by atoms with Crippen molar-refractivity contribution in [3.05, 3.63) is 48.8 Å². The van der Waals surface area contributed by atoms with E-state index < -0.39 is 0 Å². The average molecular weight is 185 g/mol. The van der Waals surface area contributed by atoms with E-state index in [4.69, 9.17) is 0 Å². The number of nitrogens with zero attached hydrogens (tertiary/aromatic N) is 1. The highest BCUT2D eigenvalue weighted by atomic mass is 16.3. The molecule has 0 fully saturated rings.